The number of piperazine rings is 1. The van der Waals surface area contributed by atoms with Crippen LogP contribution in [0.2, 0.25) is 5.02 Å². The number of fused-ring (bicyclic) bond motifs is 1. The van der Waals surface area contributed by atoms with E-state index in [9.17, 15) is 9.59 Å². The number of halogens is 1. The molecule has 0 aromatic heterocycles. The lowest BCUT2D eigenvalue weighted by Crippen LogP contribution is -2.54. The van der Waals surface area contributed by atoms with E-state index in [2.05, 4.69) is 11.5 Å². The number of para-hydroxylation sites is 1. The van der Waals surface area contributed by atoms with Crippen LogP contribution in [0.3, 0.4) is 0 Å². The second kappa shape index (κ2) is 9.12. The predicted octanol–water partition coefficient (Wildman–Crippen LogP) is 3.38. The molecular formula is C24H26ClN3O3. The Morgan fingerprint density at radius 2 is 1.71 bits per heavy atom. The van der Waals surface area contributed by atoms with E-state index < -0.39 is 6.04 Å². The maximum atomic E-state index is 13.1. The average molecular weight is 440 g/mol. The van der Waals surface area contributed by atoms with E-state index in [-0.39, 0.29) is 11.8 Å². The Bertz CT molecular complexity index is 966. The second-order valence-electron chi connectivity index (χ2n) is 7.79. The molecular weight excluding hydrogens is 414 g/mol. The lowest BCUT2D eigenvalue weighted by molar-refractivity contribution is -0.136. The summed E-state index contributed by atoms with van der Waals surface area (Å²) in [6.45, 7) is 9.90. The van der Waals surface area contributed by atoms with Gasteiger partial charge >= 0.3 is 0 Å². The number of amides is 2. The average Bonchev–Trinajstić information content (AvgIpc) is 3.05. The largest absolute Gasteiger partial charge is 0.491 e. The van der Waals surface area contributed by atoms with Gasteiger partial charge in [0.25, 0.3) is 5.91 Å². The van der Waals surface area contributed by atoms with Crippen LogP contribution in [0.25, 0.3) is 5.70 Å². The maximum Gasteiger partial charge on any atom is 0.259 e. The van der Waals surface area contributed by atoms with Crippen LogP contribution in [-0.2, 0) is 4.79 Å². The van der Waals surface area contributed by atoms with Crippen LogP contribution >= 0.6 is 11.6 Å². The number of hydrogen-bond donors (Lipinski definition) is 0. The molecule has 0 bridgehead atoms. The molecule has 6 nitrogen and oxygen atoms in total. The summed E-state index contributed by atoms with van der Waals surface area (Å²) in [5.41, 5.74) is 2.00. The minimum Gasteiger partial charge on any atom is -0.491 e. The van der Waals surface area contributed by atoms with E-state index in [1.54, 1.807) is 19.1 Å². The molecule has 1 fully saturated rings. The minimum atomic E-state index is -0.581. The summed E-state index contributed by atoms with van der Waals surface area (Å²) in [7, 11) is 0. The number of benzene rings is 2. The highest BCUT2D eigenvalue weighted by atomic mass is 35.5. The first-order chi connectivity index (χ1) is 15.0. The van der Waals surface area contributed by atoms with Crippen molar-refractivity contribution in [2.45, 2.75) is 13.0 Å². The Labute approximate surface area is 187 Å². The Morgan fingerprint density at radius 3 is 2.39 bits per heavy atom. The third-order valence-electron chi connectivity index (χ3n) is 5.91. The van der Waals surface area contributed by atoms with Crippen molar-refractivity contribution < 1.29 is 14.3 Å². The highest BCUT2D eigenvalue weighted by molar-refractivity contribution is 6.32. The summed E-state index contributed by atoms with van der Waals surface area (Å²) in [5, 5.41) is 0.604. The van der Waals surface area contributed by atoms with Gasteiger partial charge in [0.1, 0.15) is 18.4 Å². The zero-order chi connectivity index (χ0) is 22.0. The summed E-state index contributed by atoms with van der Waals surface area (Å²) in [5.74, 6) is 0.481. The van der Waals surface area contributed by atoms with E-state index >= 15 is 0 Å². The lowest BCUT2D eigenvalue weighted by atomic mass is 10.1. The summed E-state index contributed by atoms with van der Waals surface area (Å²) >= 11 is 6.12. The zero-order valence-electron chi connectivity index (χ0n) is 17.6. The molecule has 1 saturated heterocycles. The van der Waals surface area contributed by atoms with E-state index in [4.69, 9.17) is 16.3 Å². The van der Waals surface area contributed by atoms with E-state index in [1.165, 1.54) is 4.90 Å². The summed E-state index contributed by atoms with van der Waals surface area (Å²) < 4.78 is 5.77. The van der Waals surface area contributed by atoms with Gasteiger partial charge in [0.2, 0.25) is 5.91 Å². The van der Waals surface area contributed by atoms with E-state index in [1.807, 2.05) is 41.3 Å². The van der Waals surface area contributed by atoms with Crippen molar-refractivity contribution >= 4 is 29.1 Å². The first kappa shape index (κ1) is 21.4. The first-order valence-electron chi connectivity index (χ1n) is 10.5. The van der Waals surface area contributed by atoms with Crippen LogP contribution in [-0.4, -0.2) is 71.9 Å². The topological polar surface area (TPSA) is 53.1 Å². The van der Waals surface area contributed by atoms with Crippen LogP contribution in [0.5, 0.6) is 5.75 Å². The quantitative estimate of drug-likeness (QED) is 0.692. The molecule has 2 aromatic carbocycles. The standard InChI is InChI=1S/C24H26ClN3O3/c1-17-19-7-3-4-8-20(19)24(30)28(17)18(2)23(29)27-13-11-26(12-14-27)15-16-31-22-10-6-5-9-21(22)25/h3-10,18H,1,11-16H2,2H3/t18-/m0/s1. The lowest BCUT2D eigenvalue weighted by Gasteiger charge is -2.37. The van der Waals surface area contributed by atoms with Gasteiger partial charge in [0.15, 0.2) is 0 Å². The van der Waals surface area contributed by atoms with Gasteiger partial charge in [0, 0.05) is 49.5 Å². The number of nitrogens with zero attached hydrogens (tertiary/aromatic N) is 3. The van der Waals surface area contributed by atoms with E-state index in [0.29, 0.717) is 41.7 Å². The summed E-state index contributed by atoms with van der Waals surface area (Å²) in [6, 6.07) is 14.2. The highest BCUT2D eigenvalue weighted by Gasteiger charge is 2.38. The second-order valence-corrected chi connectivity index (χ2v) is 8.20. The molecule has 2 aliphatic heterocycles. The van der Waals surface area contributed by atoms with Gasteiger partial charge in [-0.2, -0.15) is 0 Å². The predicted molar refractivity (Wildman–Crippen MR) is 121 cm³/mol. The molecule has 0 radical (unpaired) electrons. The smallest absolute Gasteiger partial charge is 0.259 e. The van der Waals surface area contributed by atoms with Gasteiger partial charge in [-0.25, -0.2) is 0 Å². The minimum absolute atomic E-state index is 0.0470. The third kappa shape index (κ3) is 4.31. The van der Waals surface area contributed by atoms with Gasteiger partial charge in [-0.1, -0.05) is 48.5 Å². The molecule has 2 amide bonds. The molecule has 7 heteroatoms. The van der Waals surface area contributed by atoms with Crippen LogP contribution in [0.4, 0.5) is 0 Å². The van der Waals surface area contributed by atoms with Crippen molar-refractivity contribution in [2.24, 2.45) is 0 Å². The molecule has 0 saturated carbocycles. The normalized spacial score (nSPS) is 17.6. The number of rotatable bonds is 6. The van der Waals surface area contributed by atoms with E-state index in [0.717, 1.165) is 25.2 Å². The van der Waals surface area contributed by atoms with Gasteiger partial charge < -0.3 is 9.64 Å². The van der Waals surface area contributed by atoms with Crippen molar-refractivity contribution in [3.8, 4) is 5.75 Å². The molecule has 4 rings (SSSR count). The Hall–Kier alpha value is -2.83. The SMILES string of the molecule is C=C1c2ccccc2C(=O)N1[C@@H](C)C(=O)N1CCN(CCOc2ccccc2Cl)CC1. The molecule has 31 heavy (non-hydrogen) atoms. The number of hydrogen-bond acceptors (Lipinski definition) is 4. The maximum absolute atomic E-state index is 13.1. The zero-order valence-corrected chi connectivity index (χ0v) is 18.3. The molecule has 0 spiro atoms. The monoisotopic (exact) mass is 439 g/mol. The fourth-order valence-electron chi connectivity index (χ4n) is 4.13. The van der Waals surface area contributed by atoms with Crippen molar-refractivity contribution in [2.75, 3.05) is 39.3 Å². The summed E-state index contributed by atoms with van der Waals surface area (Å²) in [6.07, 6.45) is 0. The molecule has 2 aromatic rings. The van der Waals surface area contributed by atoms with Crippen molar-refractivity contribution in [1.29, 1.82) is 0 Å². The van der Waals surface area contributed by atoms with Crippen molar-refractivity contribution in [1.82, 2.24) is 14.7 Å². The highest BCUT2D eigenvalue weighted by Crippen LogP contribution is 2.33. The van der Waals surface area contributed by atoms with Gasteiger partial charge in [-0.15, -0.1) is 0 Å². The number of ether oxygens (including phenoxy) is 1. The molecule has 162 valence electrons. The molecule has 2 heterocycles. The van der Waals surface area contributed by atoms with Crippen molar-refractivity contribution in [3.05, 3.63) is 71.3 Å². The third-order valence-corrected chi connectivity index (χ3v) is 6.22. The number of carbonyl (C=O) groups is 2. The number of carbonyl (C=O) groups excluding carboxylic acids is 2. The van der Waals surface area contributed by atoms with Crippen molar-refractivity contribution in [3.63, 3.8) is 0 Å². The molecule has 1 atom stereocenters. The van der Waals surface area contributed by atoms with Crippen LogP contribution in [0.1, 0.15) is 22.8 Å². The van der Waals surface area contributed by atoms with Gasteiger partial charge in [-0.3, -0.25) is 19.4 Å². The summed E-state index contributed by atoms with van der Waals surface area (Å²) in [4.78, 5) is 31.5. The van der Waals surface area contributed by atoms with Gasteiger partial charge in [0.05, 0.1) is 5.02 Å². The Kier molecular flexibility index (Phi) is 6.30. The van der Waals surface area contributed by atoms with Gasteiger partial charge in [-0.05, 0) is 25.1 Å². The molecule has 0 N–H and O–H groups in total. The van der Waals surface area contributed by atoms with Crippen LogP contribution in [0, 0.1) is 0 Å². The van der Waals surface area contributed by atoms with Crippen LogP contribution < -0.4 is 4.74 Å². The Morgan fingerprint density at radius 1 is 1.06 bits per heavy atom. The molecule has 2 aliphatic rings. The molecule has 0 unspecified atom stereocenters. The Balaban J connectivity index is 1.28. The fourth-order valence-corrected chi connectivity index (χ4v) is 4.32. The van der Waals surface area contributed by atoms with Crippen LogP contribution in [0.15, 0.2) is 55.1 Å². The fraction of sp³-hybridized carbons (Fsp3) is 0.333. The first-order valence-corrected chi connectivity index (χ1v) is 10.9. The molecule has 0 aliphatic carbocycles.